The van der Waals surface area contributed by atoms with Crippen molar-refractivity contribution in [3.05, 3.63) is 83.8 Å². The summed E-state index contributed by atoms with van der Waals surface area (Å²) in [4.78, 5) is 16.8. The Morgan fingerprint density at radius 3 is 2.45 bits per heavy atom. The number of amides is 1. The van der Waals surface area contributed by atoms with E-state index in [1.807, 2.05) is 18.2 Å². The Morgan fingerprint density at radius 2 is 1.82 bits per heavy atom. The van der Waals surface area contributed by atoms with Gasteiger partial charge in [0.25, 0.3) is 15.9 Å². The summed E-state index contributed by atoms with van der Waals surface area (Å²) in [6, 6.07) is 12.6. The van der Waals surface area contributed by atoms with Crippen LogP contribution in [0.3, 0.4) is 0 Å². The fourth-order valence-corrected chi connectivity index (χ4v) is 5.35. The van der Waals surface area contributed by atoms with Crippen LogP contribution < -0.4 is 5.32 Å². The molecule has 0 spiro atoms. The fraction of sp³-hybridized carbons (Fsp3) is 0.273. The summed E-state index contributed by atoms with van der Waals surface area (Å²) in [5.74, 6) is -1.09. The van der Waals surface area contributed by atoms with Crippen LogP contribution in [-0.4, -0.2) is 47.3 Å². The van der Waals surface area contributed by atoms with Gasteiger partial charge in [-0.1, -0.05) is 36.4 Å². The normalized spacial score (nSPS) is 19.5. The van der Waals surface area contributed by atoms with Gasteiger partial charge in [-0.2, -0.15) is 17.5 Å². The predicted molar refractivity (Wildman–Crippen MR) is 114 cm³/mol. The summed E-state index contributed by atoms with van der Waals surface area (Å²) in [5.41, 5.74) is -0.270. The number of imidazole rings is 1. The van der Waals surface area contributed by atoms with Crippen LogP contribution in [0.5, 0.6) is 0 Å². The second-order valence-electron chi connectivity index (χ2n) is 7.88. The third kappa shape index (κ3) is 4.79. The van der Waals surface area contributed by atoms with E-state index in [0.717, 1.165) is 17.7 Å². The van der Waals surface area contributed by atoms with Crippen molar-refractivity contribution in [2.45, 2.75) is 23.2 Å². The van der Waals surface area contributed by atoms with Crippen LogP contribution in [0.4, 0.5) is 13.2 Å². The number of aromatic nitrogens is 2. The lowest BCUT2D eigenvalue weighted by Crippen LogP contribution is -2.40. The largest absolute Gasteiger partial charge is 0.416 e. The van der Waals surface area contributed by atoms with Gasteiger partial charge < -0.3 is 9.88 Å². The number of sulfonamides is 1. The molecule has 1 aliphatic heterocycles. The van der Waals surface area contributed by atoms with Crippen LogP contribution in [0, 0.1) is 0 Å². The van der Waals surface area contributed by atoms with E-state index in [2.05, 4.69) is 10.3 Å². The summed E-state index contributed by atoms with van der Waals surface area (Å²) < 4.78 is 68.1. The summed E-state index contributed by atoms with van der Waals surface area (Å²) in [7, 11) is -2.26. The van der Waals surface area contributed by atoms with Crippen molar-refractivity contribution < 1.29 is 26.4 Å². The van der Waals surface area contributed by atoms with Gasteiger partial charge in [-0.15, -0.1) is 0 Å². The van der Waals surface area contributed by atoms with Crippen LogP contribution in [0.1, 0.15) is 27.4 Å². The molecule has 1 fully saturated rings. The van der Waals surface area contributed by atoms with Gasteiger partial charge in [0.2, 0.25) is 0 Å². The third-order valence-electron chi connectivity index (χ3n) is 5.57. The first-order valence-corrected chi connectivity index (χ1v) is 11.5. The van der Waals surface area contributed by atoms with Gasteiger partial charge in [-0.05, 0) is 23.8 Å². The molecule has 1 aromatic heterocycles. The predicted octanol–water partition coefficient (Wildman–Crippen LogP) is 3.03. The fourth-order valence-electron chi connectivity index (χ4n) is 3.89. The van der Waals surface area contributed by atoms with Crippen LogP contribution in [0.25, 0.3) is 0 Å². The molecular weight excluding hydrogens is 457 g/mol. The number of nitrogens with one attached hydrogen (secondary N) is 1. The van der Waals surface area contributed by atoms with E-state index in [-0.39, 0.29) is 29.6 Å². The van der Waals surface area contributed by atoms with Gasteiger partial charge in [0.15, 0.2) is 5.03 Å². The van der Waals surface area contributed by atoms with Crippen molar-refractivity contribution >= 4 is 15.9 Å². The Bertz CT molecular complexity index is 1260. The molecule has 4 rings (SSSR count). The quantitative estimate of drug-likeness (QED) is 0.611. The molecule has 0 radical (unpaired) electrons. The van der Waals surface area contributed by atoms with Crippen molar-refractivity contribution in [3.8, 4) is 0 Å². The monoisotopic (exact) mass is 478 g/mol. The molecule has 33 heavy (non-hydrogen) atoms. The topological polar surface area (TPSA) is 84.3 Å². The van der Waals surface area contributed by atoms with Gasteiger partial charge in [-0.25, -0.2) is 13.4 Å². The number of hydrogen-bond donors (Lipinski definition) is 1. The lowest BCUT2D eigenvalue weighted by Gasteiger charge is -2.20. The average molecular weight is 478 g/mol. The lowest BCUT2D eigenvalue weighted by atomic mass is 9.94. The number of alkyl halides is 3. The van der Waals surface area contributed by atoms with E-state index < -0.39 is 33.7 Å². The minimum absolute atomic E-state index is 0.0385. The Balaban J connectivity index is 1.62. The molecule has 1 amide bonds. The van der Waals surface area contributed by atoms with E-state index in [0.29, 0.717) is 0 Å². The van der Waals surface area contributed by atoms with Crippen LogP contribution in [0.2, 0.25) is 0 Å². The number of benzene rings is 2. The van der Waals surface area contributed by atoms with Crippen LogP contribution in [-0.2, 0) is 23.2 Å². The van der Waals surface area contributed by atoms with Crippen molar-refractivity contribution in [1.29, 1.82) is 0 Å². The van der Waals surface area contributed by atoms with E-state index in [9.17, 15) is 26.4 Å². The molecule has 1 N–H and O–H groups in total. The molecule has 3 aromatic rings. The number of rotatable bonds is 5. The number of halogens is 3. The number of carbonyl (C=O) groups excluding carboxylic acids is 1. The maximum absolute atomic E-state index is 13.1. The molecular formula is C22H21F3N4O3S. The van der Waals surface area contributed by atoms with Crippen molar-refractivity contribution in [2.24, 2.45) is 7.05 Å². The molecule has 2 heterocycles. The zero-order valence-corrected chi connectivity index (χ0v) is 18.3. The van der Waals surface area contributed by atoms with Crippen LogP contribution in [0.15, 0.2) is 72.1 Å². The highest BCUT2D eigenvalue weighted by Gasteiger charge is 2.41. The van der Waals surface area contributed by atoms with E-state index >= 15 is 0 Å². The first-order chi connectivity index (χ1) is 15.6. The Labute approximate surface area is 188 Å². The first kappa shape index (κ1) is 23.0. The molecule has 2 aromatic carbocycles. The smallest absolute Gasteiger partial charge is 0.347 e. The number of nitrogens with zero attached hydrogens (tertiary/aromatic N) is 3. The first-order valence-electron chi connectivity index (χ1n) is 10.1. The summed E-state index contributed by atoms with van der Waals surface area (Å²) in [6.45, 7) is 0.0552. The summed E-state index contributed by atoms with van der Waals surface area (Å²) >= 11 is 0. The number of carbonyl (C=O) groups is 1. The zero-order valence-electron chi connectivity index (χ0n) is 17.5. The van der Waals surface area contributed by atoms with E-state index in [1.54, 1.807) is 19.2 Å². The lowest BCUT2D eigenvalue weighted by molar-refractivity contribution is -0.137. The maximum Gasteiger partial charge on any atom is 0.416 e. The third-order valence-corrected chi connectivity index (χ3v) is 7.29. The highest BCUT2D eigenvalue weighted by Crippen LogP contribution is 2.32. The summed E-state index contributed by atoms with van der Waals surface area (Å²) in [5, 5.41) is 2.63. The molecule has 0 unspecified atom stereocenters. The van der Waals surface area contributed by atoms with E-state index in [1.165, 1.54) is 33.5 Å². The molecule has 174 valence electrons. The zero-order chi connectivity index (χ0) is 23.8. The van der Waals surface area contributed by atoms with Gasteiger partial charge >= 0.3 is 6.18 Å². The second-order valence-corrected chi connectivity index (χ2v) is 9.76. The van der Waals surface area contributed by atoms with E-state index in [4.69, 9.17) is 0 Å². The standard InChI is InChI=1S/C22H21F3N4O3S/c1-28-13-20(26-14-28)33(31,32)29-11-18(15-6-3-2-4-7-15)19(12-29)27-21(30)16-8-5-9-17(10-16)22(23,24)25/h2-10,13-14,18-19H,11-12H2,1H3,(H,27,30)/t18-,19+/m1/s1. The molecule has 11 heteroatoms. The molecule has 2 atom stereocenters. The minimum Gasteiger partial charge on any atom is -0.347 e. The van der Waals surface area contributed by atoms with Crippen molar-refractivity contribution in [2.75, 3.05) is 13.1 Å². The van der Waals surface area contributed by atoms with Crippen LogP contribution >= 0.6 is 0 Å². The highest BCUT2D eigenvalue weighted by atomic mass is 32.2. The number of hydrogen-bond acceptors (Lipinski definition) is 4. The van der Waals surface area contributed by atoms with Gasteiger partial charge in [-0.3, -0.25) is 4.79 Å². The molecule has 0 aliphatic carbocycles. The van der Waals surface area contributed by atoms with Gasteiger partial charge in [0.1, 0.15) is 0 Å². The highest BCUT2D eigenvalue weighted by molar-refractivity contribution is 7.89. The Kier molecular flexibility index (Phi) is 6.02. The molecule has 1 aliphatic rings. The molecule has 0 bridgehead atoms. The average Bonchev–Trinajstić information content (AvgIpc) is 3.41. The van der Waals surface area contributed by atoms with Crippen molar-refractivity contribution in [1.82, 2.24) is 19.2 Å². The molecule has 1 saturated heterocycles. The minimum atomic E-state index is -4.58. The van der Waals surface area contributed by atoms with Gasteiger partial charge in [0, 0.05) is 37.8 Å². The Hall–Kier alpha value is -3.18. The second kappa shape index (κ2) is 8.64. The van der Waals surface area contributed by atoms with Gasteiger partial charge in [0.05, 0.1) is 17.9 Å². The molecule has 7 nitrogen and oxygen atoms in total. The Morgan fingerprint density at radius 1 is 1.09 bits per heavy atom. The summed E-state index contributed by atoms with van der Waals surface area (Å²) in [6.07, 6.45) is -1.81. The number of aryl methyl sites for hydroxylation is 1. The van der Waals surface area contributed by atoms with Crippen molar-refractivity contribution in [3.63, 3.8) is 0 Å². The SMILES string of the molecule is Cn1cnc(S(=O)(=O)N2C[C@H](NC(=O)c3cccc(C(F)(F)F)c3)[C@@H](c3ccccc3)C2)c1. The molecule has 0 saturated carbocycles. The maximum atomic E-state index is 13.1.